The summed E-state index contributed by atoms with van der Waals surface area (Å²) < 4.78 is 17.6. The number of primary amides is 1. The number of nitrogens with one attached hydrogen (secondary N) is 1. The van der Waals surface area contributed by atoms with Gasteiger partial charge in [-0.15, -0.1) is 0 Å². The van der Waals surface area contributed by atoms with E-state index in [2.05, 4.69) is 32.4 Å². The molecule has 0 aromatic carbocycles. The molecule has 8 nitrogen and oxygen atoms in total. The number of likely N-dealkylation sites (tertiary alicyclic amines) is 1. The lowest BCUT2D eigenvalue weighted by molar-refractivity contribution is -0.134. The second kappa shape index (κ2) is 6.17. The van der Waals surface area contributed by atoms with Gasteiger partial charge in [-0.1, -0.05) is 0 Å². The number of aromatic nitrogens is 2. The van der Waals surface area contributed by atoms with Gasteiger partial charge in [0.25, 0.3) is 5.91 Å². The molecular weight excluding hydrogens is 431 g/mol. The highest BCUT2D eigenvalue weighted by Gasteiger charge is 2.56. The van der Waals surface area contributed by atoms with Crippen LogP contribution < -0.4 is 11.1 Å². The molecule has 3 heterocycles. The zero-order valence-corrected chi connectivity index (χ0v) is 16.7. The summed E-state index contributed by atoms with van der Waals surface area (Å²) in [6.07, 6.45) is 4.05. The van der Waals surface area contributed by atoms with Gasteiger partial charge in [-0.3, -0.25) is 9.59 Å². The van der Waals surface area contributed by atoms with Crippen molar-refractivity contribution in [2.24, 2.45) is 11.1 Å². The van der Waals surface area contributed by atoms with Crippen LogP contribution in [0.5, 0.6) is 0 Å². The van der Waals surface area contributed by atoms with Crippen LogP contribution >= 0.6 is 15.9 Å². The summed E-state index contributed by atoms with van der Waals surface area (Å²) in [4.78, 5) is 25.9. The maximum Gasteiger partial charge on any atom is 0.252 e. The van der Waals surface area contributed by atoms with Gasteiger partial charge < -0.3 is 16.0 Å². The molecular formula is C18H18BrFN6O2. The first-order chi connectivity index (χ1) is 13.2. The quantitative estimate of drug-likeness (QED) is 0.739. The largest absolute Gasteiger partial charge is 0.375 e. The Morgan fingerprint density at radius 3 is 2.82 bits per heavy atom. The maximum absolute atomic E-state index is 15.3. The van der Waals surface area contributed by atoms with Crippen LogP contribution in [-0.4, -0.2) is 51.1 Å². The minimum absolute atomic E-state index is 0.0871. The van der Waals surface area contributed by atoms with E-state index in [0.717, 1.165) is 4.47 Å². The molecule has 4 rings (SSSR count). The number of rotatable bonds is 4. The van der Waals surface area contributed by atoms with E-state index < -0.39 is 23.0 Å². The third-order valence-electron chi connectivity index (χ3n) is 5.48. The fourth-order valence-electron chi connectivity index (χ4n) is 3.65. The molecule has 1 saturated carbocycles. The molecule has 2 fully saturated rings. The average molecular weight is 449 g/mol. The third kappa shape index (κ3) is 2.90. The highest BCUT2D eigenvalue weighted by molar-refractivity contribution is 9.10. The Kier molecular flexibility index (Phi) is 4.12. The molecule has 1 saturated heterocycles. The Morgan fingerprint density at radius 2 is 2.21 bits per heavy atom. The minimum atomic E-state index is -1.75. The molecule has 2 atom stereocenters. The number of alkyl halides is 1. The van der Waals surface area contributed by atoms with Crippen molar-refractivity contribution in [1.82, 2.24) is 14.5 Å². The Labute approximate surface area is 168 Å². The van der Waals surface area contributed by atoms with E-state index in [1.807, 2.05) is 0 Å². The molecule has 146 valence electrons. The molecule has 2 unspecified atom stereocenters. The van der Waals surface area contributed by atoms with Gasteiger partial charge in [-0.25, -0.2) is 8.91 Å². The first-order valence-electron chi connectivity index (χ1n) is 8.80. The SMILES string of the molecule is CC1(F)CN(C(=O)C2(C#N)CC2)CC1Nc1c(C(N)=O)cnn2cc(Br)cc12. The van der Waals surface area contributed by atoms with Crippen LogP contribution in [0, 0.1) is 16.7 Å². The summed E-state index contributed by atoms with van der Waals surface area (Å²) in [5.41, 5.74) is 3.78. The van der Waals surface area contributed by atoms with Gasteiger partial charge in [-0.05, 0) is 41.8 Å². The van der Waals surface area contributed by atoms with Crippen LogP contribution in [0.1, 0.15) is 30.1 Å². The fourth-order valence-corrected chi connectivity index (χ4v) is 4.06. The molecule has 1 aliphatic heterocycles. The van der Waals surface area contributed by atoms with Gasteiger partial charge in [0.15, 0.2) is 0 Å². The Hall–Kier alpha value is -2.67. The van der Waals surface area contributed by atoms with Crippen molar-refractivity contribution in [3.63, 3.8) is 0 Å². The summed E-state index contributed by atoms with van der Waals surface area (Å²) in [5, 5.41) is 16.5. The van der Waals surface area contributed by atoms with E-state index in [1.165, 1.54) is 18.0 Å². The lowest BCUT2D eigenvalue weighted by Gasteiger charge is -2.24. The van der Waals surface area contributed by atoms with Crippen LogP contribution in [0.4, 0.5) is 10.1 Å². The molecule has 0 bridgehead atoms. The monoisotopic (exact) mass is 448 g/mol. The predicted octanol–water partition coefficient (Wildman–Crippen LogP) is 1.85. The molecule has 0 spiro atoms. The Bertz CT molecular complexity index is 1040. The summed E-state index contributed by atoms with van der Waals surface area (Å²) in [5.74, 6) is -1.02. The van der Waals surface area contributed by atoms with E-state index >= 15 is 4.39 Å². The number of carbonyl (C=O) groups is 2. The topological polar surface area (TPSA) is 117 Å². The van der Waals surface area contributed by atoms with Gasteiger partial charge in [-0.2, -0.15) is 10.4 Å². The van der Waals surface area contributed by atoms with E-state index in [-0.39, 0.29) is 24.6 Å². The first kappa shape index (κ1) is 18.7. The standard InChI is InChI=1S/C18H18BrFN6O2/c1-17(20)9-25(16(28)18(8-21)2-3-18)7-13(17)24-14-11(15(22)27)5-23-26-6-10(19)4-12(14)26/h4-6,13,24H,2-3,7,9H2,1H3,(H2,22,27). The second-order valence-corrected chi connectivity index (χ2v) is 8.56. The Morgan fingerprint density at radius 1 is 1.50 bits per heavy atom. The lowest BCUT2D eigenvalue weighted by Crippen LogP contribution is -2.40. The molecule has 2 aliphatic rings. The number of carbonyl (C=O) groups excluding carboxylic acids is 2. The molecule has 3 N–H and O–H groups in total. The summed E-state index contributed by atoms with van der Waals surface area (Å²) in [6, 6.07) is 3.03. The van der Waals surface area contributed by atoms with Crippen molar-refractivity contribution in [1.29, 1.82) is 5.26 Å². The number of hydrogen-bond donors (Lipinski definition) is 2. The summed E-state index contributed by atoms with van der Waals surface area (Å²) >= 11 is 3.36. The smallest absolute Gasteiger partial charge is 0.252 e. The molecule has 28 heavy (non-hydrogen) atoms. The molecule has 2 amide bonds. The van der Waals surface area contributed by atoms with Crippen LogP contribution in [0.3, 0.4) is 0 Å². The number of halogens is 2. The number of fused-ring (bicyclic) bond motifs is 1. The summed E-state index contributed by atoms with van der Waals surface area (Å²) in [6.45, 7) is 1.37. The van der Waals surface area contributed by atoms with Crippen molar-refractivity contribution in [3.8, 4) is 6.07 Å². The fraction of sp³-hybridized carbons (Fsp3) is 0.444. The lowest BCUT2D eigenvalue weighted by atomic mass is 10.0. The van der Waals surface area contributed by atoms with Gasteiger partial charge in [0.2, 0.25) is 5.91 Å². The maximum atomic E-state index is 15.3. The van der Waals surface area contributed by atoms with Crippen LogP contribution in [-0.2, 0) is 4.79 Å². The van der Waals surface area contributed by atoms with Crippen LogP contribution in [0.2, 0.25) is 0 Å². The number of nitrogens with zero attached hydrogens (tertiary/aromatic N) is 4. The molecule has 1 aliphatic carbocycles. The van der Waals surface area contributed by atoms with Gasteiger partial charge in [0.05, 0.1) is 41.6 Å². The van der Waals surface area contributed by atoms with Crippen molar-refractivity contribution >= 4 is 38.9 Å². The first-order valence-corrected chi connectivity index (χ1v) is 9.59. The van der Waals surface area contributed by atoms with Crippen molar-refractivity contribution < 1.29 is 14.0 Å². The second-order valence-electron chi connectivity index (χ2n) is 7.64. The molecule has 2 aromatic heterocycles. The number of nitriles is 1. The van der Waals surface area contributed by atoms with E-state index in [9.17, 15) is 14.9 Å². The van der Waals surface area contributed by atoms with Gasteiger partial charge >= 0.3 is 0 Å². The average Bonchev–Trinajstić information content (AvgIpc) is 3.25. The number of anilines is 1. The third-order valence-corrected chi connectivity index (χ3v) is 5.91. The highest BCUT2D eigenvalue weighted by Crippen LogP contribution is 2.47. The van der Waals surface area contributed by atoms with Gasteiger partial charge in [0.1, 0.15) is 11.1 Å². The van der Waals surface area contributed by atoms with E-state index in [0.29, 0.717) is 24.0 Å². The molecule has 2 aromatic rings. The number of amides is 2. The zero-order chi connectivity index (χ0) is 20.3. The Balaban J connectivity index is 1.67. The van der Waals surface area contributed by atoms with Gasteiger partial charge in [0, 0.05) is 17.2 Å². The molecule has 10 heteroatoms. The van der Waals surface area contributed by atoms with Crippen molar-refractivity contribution in [2.45, 2.75) is 31.5 Å². The van der Waals surface area contributed by atoms with Crippen molar-refractivity contribution in [3.05, 3.63) is 28.5 Å². The highest BCUT2D eigenvalue weighted by atomic mass is 79.9. The van der Waals surface area contributed by atoms with Crippen LogP contribution in [0.15, 0.2) is 22.9 Å². The normalized spacial score (nSPS) is 25.5. The minimum Gasteiger partial charge on any atom is -0.375 e. The predicted molar refractivity (Wildman–Crippen MR) is 102 cm³/mol. The summed E-state index contributed by atoms with van der Waals surface area (Å²) in [7, 11) is 0. The van der Waals surface area contributed by atoms with E-state index in [1.54, 1.807) is 16.8 Å². The number of hydrogen-bond acceptors (Lipinski definition) is 5. The van der Waals surface area contributed by atoms with Crippen LogP contribution in [0.25, 0.3) is 5.52 Å². The zero-order valence-electron chi connectivity index (χ0n) is 15.1. The number of nitrogens with two attached hydrogens (primary N) is 1. The molecule has 0 radical (unpaired) electrons. The van der Waals surface area contributed by atoms with Crippen molar-refractivity contribution in [2.75, 3.05) is 18.4 Å². The van der Waals surface area contributed by atoms with E-state index in [4.69, 9.17) is 5.73 Å².